The summed E-state index contributed by atoms with van der Waals surface area (Å²) >= 11 is 0. The fourth-order valence-corrected chi connectivity index (χ4v) is 9.00. The molecule has 3 heterocycles. The van der Waals surface area contributed by atoms with Gasteiger partial charge in [0.2, 0.25) is 0 Å². The van der Waals surface area contributed by atoms with Crippen molar-refractivity contribution in [2.75, 3.05) is 0 Å². The zero-order chi connectivity index (χ0) is 38.2. The molecule has 0 fully saturated rings. The van der Waals surface area contributed by atoms with Gasteiger partial charge in [-0.15, -0.1) is 0 Å². The molecular formula is C51H28N6. The fraction of sp³-hybridized carbons (Fsp3) is 0. The molecule has 11 aromatic rings. The number of aromatic nitrogens is 3. The lowest BCUT2D eigenvalue weighted by molar-refractivity contribution is 1.16. The number of nitrogens with zero attached hydrogens (tertiary/aromatic N) is 6. The average Bonchev–Trinajstić information content (AvgIpc) is 3.91. The van der Waals surface area contributed by atoms with Gasteiger partial charge in [-0.05, 0) is 84.4 Å². The van der Waals surface area contributed by atoms with Gasteiger partial charge < -0.3 is 13.7 Å². The molecule has 0 aliphatic carbocycles. The predicted molar refractivity (Wildman–Crippen MR) is 229 cm³/mol. The Labute approximate surface area is 326 Å². The molecule has 0 unspecified atom stereocenters. The number of nitriles is 3. The van der Waals surface area contributed by atoms with E-state index in [1.54, 1.807) is 0 Å². The second kappa shape index (κ2) is 12.3. The average molecular weight is 725 g/mol. The summed E-state index contributed by atoms with van der Waals surface area (Å²) < 4.78 is 6.69. The van der Waals surface area contributed by atoms with Gasteiger partial charge in [0.1, 0.15) is 6.07 Å². The maximum absolute atomic E-state index is 10.6. The lowest BCUT2D eigenvalue weighted by Gasteiger charge is -2.17. The quantitative estimate of drug-likeness (QED) is 0.181. The highest BCUT2D eigenvalue weighted by Crippen LogP contribution is 2.42. The van der Waals surface area contributed by atoms with Crippen LogP contribution < -0.4 is 0 Å². The first-order valence-electron chi connectivity index (χ1n) is 18.7. The normalized spacial score (nSPS) is 11.5. The van der Waals surface area contributed by atoms with Crippen LogP contribution in [0.4, 0.5) is 0 Å². The molecule has 0 spiro atoms. The van der Waals surface area contributed by atoms with Gasteiger partial charge in [-0.1, -0.05) is 91.0 Å². The molecule has 0 N–H and O–H groups in total. The van der Waals surface area contributed by atoms with Crippen molar-refractivity contribution in [2.24, 2.45) is 0 Å². The standard InChI is InChI=1S/C51H28N6/c52-29-32-23-24-47-42(27-32)50-48(21-10-22-49(50)56-43-17-5-1-12-38(43)39-13-2-6-18-44(39)56)55(47)36-26-33(30-53)25-35(28-36)37-16-9-11-34(31-54)51(37)57-45-19-7-3-14-40(45)41-15-4-8-20-46(41)57/h1-28H. The second-order valence-corrected chi connectivity index (χ2v) is 14.3. The van der Waals surface area contributed by atoms with Gasteiger partial charge in [0, 0.05) is 43.6 Å². The number of rotatable bonds is 4. The summed E-state index contributed by atoms with van der Waals surface area (Å²) in [6.07, 6.45) is 0. The molecule has 6 heteroatoms. The summed E-state index contributed by atoms with van der Waals surface area (Å²) in [6.45, 7) is 0. The number of hydrogen-bond acceptors (Lipinski definition) is 3. The van der Waals surface area contributed by atoms with E-state index >= 15 is 0 Å². The molecule has 262 valence electrons. The van der Waals surface area contributed by atoms with E-state index < -0.39 is 0 Å². The van der Waals surface area contributed by atoms with Crippen molar-refractivity contribution in [1.29, 1.82) is 15.8 Å². The molecule has 8 aromatic carbocycles. The van der Waals surface area contributed by atoms with Crippen LogP contribution in [0.3, 0.4) is 0 Å². The van der Waals surface area contributed by atoms with E-state index in [0.29, 0.717) is 16.7 Å². The third kappa shape index (κ3) is 4.61. The maximum atomic E-state index is 10.6. The number of benzene rings is 8. The fourth-order valence-electron chi connectivity index (χ4n) is 9.00. The molecule has 0 aliphatic rings. The zero-order valence-electron chi connectivity index (χ0n) is 30.3. The van der Waals surface area contributed by atoms with Crippen LogP contribution in [-0.4, -0.2) is 13.7 Å². The molecule has 0 saturated carbocycles. The number of hydrogen-bond donors (Lipinski definition) is 0. The van der Waals surface area contributed by atoms with Crippen LogP contribution in [0.5, 0.6) is 0 Å². The SMILES string of the molecule is N#Cc1cc(-c2cccc(C#N)c2-n2c3ccccc3c3ccccc32)cc(-n2c3ccc(C#N)cc3c3c(-n4c5ccccc5c5ccccc54)cccc32)c1. The summed E-state index contributed by atoms with van der Waals surface area (Å²) in [5, 5.41) is 37.8. The van der Waals surface area contributed by atoms with Crippen molar-refractivity contribution in [1.82, 2.24) is 13.7 Å². The lowest BCUT2D eigenvalue weighted by atomic mass is 9.97. The molecule has 0 aliphatic heterocycles. The van der Waals surface area contributed by atoms with Gasteiger partial charge >= 0.3 is 0 Å². The summed E-state index contributed by atoms with van der Waals surface area (Å²) in [5.41, 5.74) is 11.8. The molecule has 0 bridgehead atoms. The van der Waals surface area contributed by atoms with Crippen LogP contribution in [0, 0.1) is 34.0 Å². The molecular weight excluding hydrogens is 697 g/mol. The van der Waals surface area contributed by atoms with Gasteiger partial charge in [-0.25, -0.2) is 0 Å². The van der Waals surface area contributed by atoms with Crippen LogP contribution in [0.15, 0.2) is 170 Å². The van der Waals surface area contributed by atoms with E-state index in [0.717, 1.165) is 93.6 Å². The highest BCUT2D eigenvalue weighted by Gasteiger charge is 2.23. The molecule has 3 aromatic heterocycles. The monoisotopic (exact) mass is 724 g/mol. The second-order valence-electron chi connectivity index (χ2n) is 14.3. The first-order chi connectivity index (χ1) is 28.2. The first-order valence-corrected chi connectivity index (χ1v) is 18.7. The van der Waals surface area contributed by atoms with Gasteiger partial charge in [-0.2, -0.15) is 15.8 Å². The van der Waals surface area contributed by atoms with Crippen LogP contribution in [0.2, 0.25) is 0 Å². The van der Waals surface area contributed by atoms with Crippen molar-refractivity contribution in [3.05, 3.63) is 187 Å². The van der Waals surface area contributed by atoms with Gasteiger partial charge in [0.25, 0.3) is 0 Å². The lowest BCUT2D eigenvalue weighted by Crippen LogP contribution is -2.02. The van der Waals surface area contributed by atoms with Crippen molar-refractivity contribution in [2.45, 2.75) is 0 Å². The molecule has 0 radical (unpaired) electrons. The predicted octanol–water partition coefficient (Wildman–Crippen LogP) is 12.3. The van der Waals surface area contributed by atoms with E-state index in [2.05, 4.69) is 129 Å². The Morgan fingerprint density at radius 2 is 0.912 bits per heavy atom. The minimum atomic E-state index is 0.486. The molecule has 0 amide bonds. The zero-order valence-corrected chi connectivity index (χ0v) is 30.3. The Morgan fingerprint density at radius 1 is 0.368 bits per heavy atom. The minimum Gasteiger partial charge on any atom is -0.309 e. The van der Waals surface area contributed by atoms with Crippen LogP contribution in [0.25, 0.3) is 93.6 Å². The highest BCUT2D eigenvalue weighted by atomic mass is 15.0. The van der Waals surface area contributed by atoms with Gasteiger partial charge in [0.15, 0.2) is 0 Å². The number of fused-ring (bicyclic) bond motifs is 9. The molecule has 0 saturated heterocycles. The van der Waals surface area contributed by atoms with Gasteiger partial charge in [0.05, 0.1) is 73.3 Å². The molecule has 57 heavy (non-hydrogen) atoms. The minimum absolute atomic E-state index is 0.486. The number of para-hydroxylation sites is 5. The summed E-state index contributed by atoms with van der Waals surface area (Å²) in [4.78, 5) is 0. The van der Waals surface area contributed by atoms with Gasteiger partial charge in [-0.3, -0.25) is 0 Å². The van der Waals surface area contributed by atoms with Crippen molar-refractivity contribution in [3.63, 3.8) is 0 Å². The van der Waals surface area contributed by atoms with E-state index in [1.165, 1.54) is 0 Å². The Balaban J connectivity index is 1.22. The van der Waals surface area contributed by atoms with E-state index in [-0.39, 0.29) is 0 Å². The maximum Gasteiger partial charge on any atom is 0.101 e. The first kappa shape index (κ1) is 32.1. The van der Waals surface area contributed by atoms with Crippen LogP contribution >= 0.6 is 0 Å². The summed E-state index contributed by atoms with van der Waals surface area (Å²) in [7, 11) is 0. The molecule has 6 nitrogen and oxygen atoms in total. The largest absolute Gasteiger partial charge is 0.309 e. The Morgan fingerprint density at radius 3 is 1.51 bits per heavy atom. The van der Waals surface area contributed by atoms with Crippen molar-refractivity contribution in [3.8, 4) is 46.4 Å². The van der Waals surface area contributed by atoms with Crippen LogP contribution in [0.1, 0.15) is 16.7 Å². The van der Waals surface area contributed by atoms with E-state index in [4.69, 9.17) is 0 Å². The van der Waals surface area contributed by atoms with Crippen molar-refractivity contribution >= 4 is 65.4 Å². The van der Waals surface area contributed by atoms with E-state index in [1.807, 2.05) is 72.8 Å². The van der Waals surface area contributed by atoms with Crippen LogP contribution in [-0.2, 0) is 0 Å². The summed E-state index contributed by atoms with van der Waals surface area (Å²) in [5.74, 6) is 0. The molecule has 11 rings (SSSR count). The Bertz CT molecular complexity index is 3520. The Kier molecular flexibility index (Phi) is 6.95. The Hall–Kier alpha value is -8.37. The smallest absolute Gasteiger partial charge is 0.101 e. The topological polar surface area (TPSA) is 86.2 Å². The van der Waals surface area contributed by atoms with Crippen molar-refractivity contribution < 1.29 is 0 Å². The molecule has 0 atom stereocenters. The highest BCUT2D eigenvalue weighted by molar-refractivity contribution is 6.17. The van der Waals surface area contributed by atoms with E-state index in [9.17, 15) is 15.8 Å². The third-order valence-corrected chi connectivity index (χ3v) is 11.3. The third-order valence-electron chi connectivity index (χ3n) is 11.3. The summed E-state index contributed by atoms with van der Waals surface area (Å²) in [6, 6.07) is 64.6.